The standard InChI is InChI=1S/C54H77N9O11/c1-52(2,34-74-35-53(3,4)33-61-44(64)21-22-50(70)63-32-40-13-8-7-11-38(40)17-18-39-12-9-10-14-43(39)63)27-45(65)57-28-46(66)58-29-47(67)59-30-48(68)60-31-49(69)62-36-73-24-23-56-42-19-15-37(16-20-42)25-41(55)26-54(5,6)51(71)72/h7-16,19-20,41,56H,17-18,21-36,55H2,1-6H3,(H,57,65)(H,58,66)(H,59,67)(H,60,68)(H,61,64)(H,62,69)(H,71,72). The number of carboxylic acids is 1. The SMILES string of the molecule is CC(C)(CNC(=O)CCC(=O)N1Cc2ccccc2CCc2ccccc21)COCC(C)(C)CC(=O)NCC(=O)NCC(=O)NCC(=O)NCC(=O)NCOCCNc1ccc(CC(N)CC(C)(C)C(=O)O)cc1. The van der Waals surface area contributed by atoms with Crippen LogP contribution in [0.4, 0.5) is 11.4 Å². The molecule has 3 aromatic carbocycles. The fraction of sp³-hybridized carbons (Fsp3) is 0.519. The molecule has 20 nitrogen and oxygen atoms in total. The predicted octanol–water partition coefficient (Wildman–Crippen LogP) is 2.71. The zero-order valence-electron chi connectivity index (χ0n) is 43.8. The maximum absolute atomic E-state index is 13.6. The van der Waals surface area contributed by atoms with Crippen molar-refractivity contribution < 1.29 is 52.9 Å². The second-order valence-corrected chi connectivity index (χ2v) is 20.9. The smallest absolute Gasteiger partial charge is 0.309 e. The average molecular weight is 1030 g/mol. The number of rotatable bonds is 30. The van der Waals surface area contributed by atoms with Crippen LogP contribution < -0.4 is 47.9 Å². The second kappa shape index (κ2) is 29.1. The number of aliphatic carboxylic acids is 1. The van der Waals surface area contributed by atoms with Gasteiger partial charge < -0.3 is 62.4 Å². The highest BCUT2D eigenvalue weighted by Crippen LogP contribution is 2.30. The summed E-state index contributed by atoms with van der Waals surface area (Å²) in [6.45, 7) is 11.2. The summed E-state index contributed by atoms with van der Waals surface area (Å²) in [5, 5.41) is 27.6. The van der Waals surface area contributed by atoms with Crippen molar-refractivity contribution in [3.05, 3.63) is 95.1 Å². The van der Waals surface area contributed by atoms with Gasteiger partial charge in [0.2, 0.25) is 41.4 Å². The molecule has 1 unspecified atom stereocenters. The van der Waals surface area contributed by atoms with Crippen molar-refractivity contribution in [1.82, 2.24) is 31.9 Å². The van der Waals surface area contributed by atoms with E-state index in [-0.39, 0.29) is 76.8 Å². The number of nitrogens with two attached hydrogens (primary N) is 1. The minimum absolute atomic E-state index is 0.0445. The fourth-order valence-electron chi connectivity index (χ4n) is 7.99. The van der Waals surface area contributed by atoms with Crippen molar-refractivity contribution in [3.8, 4) is 0 Å². The van der Waals surface area contributed by atoms with Gasteiger partial charge in [-0.2, -0.15) is 0 Å². The van der Waals surface area contributed by atoms with Crippen LogP contribution in [-0.4, -0.2) is 124 Å². The fourth-order valence-corrected chi connectivity index (χ4v) is 7.99. The first-order valence-electron chi connectivity index (χ1n) is 25.0. The topological polar surface area (TPSA) is 289 Å². The van der Waals surface area contributed by atoms with Crippen molar-refractivity contribution in [3.63, 3.8) is 0 Å². The lowest BCUT2D eigenvalue weighted by molar-refractivity contribution is -0.147. The molecule has 3 aromatic rings. The lowest BCUT2D eigenvalue weighted by Gasteiger charge is -2.29. The van der Waals surface area contributed by atoms with Crippen LogP contribution in [-0.2, 0) is 73.6 Å². The number of benzene rings is 3. The Morgan fingerprint density at radius 2 is 1.16 bits per heavy atom. The minimum atomic E-state index is -0.902. The molecule has 0 radical (unpaired) electrons. The molecule has 0 saturated carbocycles. The molecule has 74 heavy (non-hydrogen) atoms. The summed E-state index contributed by atoms with van der Waals surface area (Å²) in [5.41, 5.74) is 10.4. The maximum Gasteiger partial charge on any atom is 0.309 e. The third-order valence-corrected chi connectivity index (χ3v) is 12.2. The van der Waals surface area contributed by atoms with Crippen molar-refractivity contribution in [2.45, 2.75) is 99.1 Å². The van der Waals surface area contributed by atoms with Crippen LogP contribution >= 0.6 is 0 Å². The van der Waals surface area contributed by atoms with Gasteiger partial charge in [-0.15, -0.1) is 0 Å². The quantitative estimate of drug-likeness (QED) is 0.0344. The number of para-hydroxylation sites is 1. The van der Waals surface area contributed by atoms with E-state index >= 15 is 0 Å². The van der Waals surface area contributed by atoms with E-state index in [2.05, 4.69) is 43.3 Å². The number of carbonyl (C=O) groups excluding carboxylic acids is 7. The summed E-state index contributed by atoms with van der Waals surface area (Å²) in [5.74, 6) is -4.04. The molecule has 0 bridgehead atoms. The average Bonchev–Trinajstić information content (AvgIpc) is 3.34. The number of carbonyl (C=O) groups is 8. The van der Waals surface area contributed by atoms with E-state index in [1.807, 2.05) is 94.4 Å². The van der Waals surface area contributed by atoms with Crippen LogP contribution in [0.15, 0.2) is 72.8 Å². The Balaban J connectivity index is 0.995. The van der Waals surface area contributed by atoms with Gasteiger partial charge in [0, 0.05) is 55.2 Å². The van der Waals surface area contributed by atoms with E-state index in [1.54, 1.807) is 18.7 Å². The highest BCUT2D eigenvalue weighted by molar-refractivity contribution is 5.96. The Morgan fingerprint density at radius 3 is 1.78 bits per heavy atom. The van der Waals surface area contributed by atoms with E-state index in [1.165, 1.54) is 5.56 Å². The molecule has 404 valence electrons. The van der Waals surface area contributed by atoms with Gasteiger partial charge >= 0.3 is 5.97 Å². The van der Waals surface area contributed by atoms with Crippen molar-refractivity contribution in [2.75, 3.05) is 76.0 Å². The highest BCUT2D eigenvalue weighted by atomic mass is 16.5. The first-order valence-corrected chi connectivity index (χ1v) is 25.0. The number of ether oxygens (including phenoxy) is 2. The van der Waals surface area contributed by atoms with Crippen molar-refractivity contribution in [2.24, 2.45) is 22.0 Å². The molecular formula is C54H77N9O11. The molecule has 0 aromatic heterocycles. The number of amides is 7. The van der Waals surface area contributed by atoms with Gasteiger partial charge in [0.05, 0.1) is 58.0 Å². The minimum Gasteiger partial charge on any atom is -0.481 e. The lowest BCUT2D eigenvalue weighted by Crippen LogP contribution is -2.46. The van der Waals surface area contributed by atoms with Gasteiger partial charge in [-0.3, -0.25) is 38.4 Å². The summed E-state index contributed by atoms with van der Waals surface area (Å²) in [6, 6.07) is 23.4. The van der Waals surface area contributed by atoms with E-state index in [9.17, 15) is 43.5 Å². The van der Waals surface area contributed by atoms with Crippen LogP contribution in [0, 0.1) is 16.2 Å². The van der Waals surface area contributed by atoms with Crippen LogP contribution in [0.1, 0.15) is 89.5 Å². The van der Waals surface area contributed by atoms with E-state index in [4.69, 9.17) is 15.2 Å². The zero-order valence-corrected chi connectivity index (χ0v) is 43.8. The third kappa shape index (κ3) is 22.1. The van der Waals surface area contributed by atoms with Gasteiger partial charge in [0.25, 0.3) is 0 Å². The Morgan fingerprint density at radius 1 is 0.622 bits per heavy atom. The molecule has 1 aliphatic rings. The van der Waals surface area contributed by atoms with Gasteiger partial charge in [0.15, 0.2) is 0 Å². The number of nitrogens with one attached hydrogen (secondary N) is 7. The van der Waals surface area contributed by atoms with Crippen LogP contribution in [0.3, 0.4) is 0 Å². The summed E-state index contributed by atoms with van der Waals surface area (Å²) in [6.07, 6.45) is 2.77. The van der Waals surface area contributed by atoms with Crippen molar-refractivity contribution >= 4 is 58.7 Å². The molecule has 0 spiro atoms. The normalized spacial score (nSPS) is 12.9. The summed E-state index contributed by atoms with van der Waals surface area (Å²) < 4.78 is 11.4. The number of anilines is 2. The number of fused-ring (bicyclic) bond motifs is 2. The first-order chi connectivity index (χ1) is 35.0. The Hall–Kier alpha value is -6.90. The number of aryl methyl sites for hydroxylation is 2. The molecule has 1 atom stereocenters. The first kappa shape index (κ1) is 59.7. The van der Waals surface area contributed by atoms with Gasteiger partial charge in [0.1, 0.15) is 6.73 Å². The molecule has 4 rings (SSSR count). The number of hydrogen-bond acceptors (Lipinski definition) is 12. The number of nitrogens with zero attached hydrogens (tertiary/aromatic N) is 1. The molecule has 0 aliphatic carbocycles. The lowest BCUT2D eigenvalue weighted by atomic mass is 9.84. The number of carboxylic acid groups (broad SMARTS) is 1. The highest BCUT2D eigenvalue weighted by Gasteiger charge is 2.30. The zero-order chi connectivity index (χ0) is 54.3. The van der Waals surface area contributed by atoms with E-state index < -0.39 is 64.8 Å². The second-order valence-electron chi connectivity index (χ2n) is 20.9. The molecule has 0 fully saturated rings. The summed E-state index contributed by atoms with van der Waals surface area (Å²) >= 11 is 0. The molecule has 20 heteroatoms. The van der Waals surface area contributed by atoms with Gasteiger partial charge in [-0.1, -0.05) is 82.3 Å². The Labute approximate surface area is 434 Å². The third-order valence-electron chi connectivity index (χ3n) is 12.2. The Kier molecular flexibility index (Phi) is 23.5. The summed E-state index contributed by atoms with van der Waals surface area (Å²) in [7, 11) is 0. The predicted molar refractivity (Wildman–Crippen MR) is 280 cm³/mol. The van der Waals surface area contributed by atoms with Gasteiger partial charge in [-0.25, -0.2) is 0 Å². The van der Waals surface area contributed by atoms with E-state index in [0.717, 1.165) is 40.9 Å². The molecular weight excluding hydrogens is 951 g/mol. The maximum atomic E-state index is 13.6. The molecule has 7 amide bonds. The molecule has 1 heterocycles. The monoisotopic (exact) mass is 1030 g/mol. The number of hydrogen-bond donors (Lipinski definition) is 9. The van der Waals surface area contributed by atoms with Crippen LogP contribution in [0.2, 0.25) is 0 Å². The van der Waals surface area contributed by atoms with Crippen LogP contribution in [0.5, 0.6) is 0 Å². The molecule has 10 N–H and O–H groups in total. The van der Waals surface area contributed by atoms with Gasteiger partial charge in [-0.05, 0) is 85.4 Å². The molecule has 1 aliphatic heterocycles. The largest absolute Gasteiger partial charge is 0.481 e. The van der Waals surface area contributed by atoms with E-state index in [0.29, 0.717) is 32.5 Å². The Bertz CT molecular complexity index is 2390. The van der Waals surface area contributed by atoms with Crippen molar-refractivity contribution in [1.29, 1.82) is 0 Å². The summed E-state index contributed by atoms with van der Waals surface area (Å²) in [4.78, 5) is 101. The van der Waals surface area contributed by atoms with Crippen LogP contribution in [0.25, 0.3) is 0 Å². The molecule has 0 saturated heterocycles.